The van der Waals surface area contributed by atoms with E-state index in [1.54, 1.807) is 6.07 Å². The van der Waals surface area contributed by atoms with Crippen LogP contribution in [0.4, 0.5) is 4.39 Å². The van der Waals surface area contributed by atoms with Gasteiger partial charge < -0.3 is 0 Å². The SMILES string of the molecule is Fc1ccc2c(c1)CCc1nnc(CN3CCCCC3)n1-2. The molecular formula is C16H19FN4. The van der Waals surface area contributed by atoms with Crippen molar-refractivity contribution in [1.29, 1.82) is 0 Å². The number of rotatable bonds is 2. The first kappa shape index (κ1) is 13.0. The third-order valence-corrected chi connectivity index (χ3v) is 4.51. The number of aromatic nitrogens is 3. The zero-order valence-electron chi connectivity index (χ0n) is 12.1. The number of aryl methyl sites for hydroxylation is 2. The number of halogens is 1. The first-order valence-corrected chi connectivity index (χ1v) is 7.75. The van der Waals surface area contributed by atoms with Gasteiger partial charge in [-0.15, -0.1) is 10.2 Å². The lowest BCUT2D eigenvalue weighted by atomic mass is 10.0. The molecule has 0 N–H and O–H groups in total. The van der Waals surface area contributed by atoms with E-state index >= 15 is 0 Å². The van der Waals surface area contributed by atoms with Crippen LogP contribution in [-0.2, 0) is 19.4 Å². The van der Waals surface area contributed by atoms with Crippen molar-refractivity contribution >= 4 is 0 Å². The molecule has 21 heavy (non-hydrogen) atoms. The molecule has 0 spiro atoms. The summed E-state index contributed by atoms with van der Waals surface area (Å²) in [5, 5.41) is 8.73. The van der Waals surface area contributed by atoms with Crippen molar-refractivity contribution < 1.29 is 4.39 Å². The number of nitrogens with zero attached hydrogens (tertiary/aromatic N) is 4. The normalized spacial score (nSPS) is 18.3. The van der Waals surface area contributed by atoms with Crippen LogP contribution in [0.1, 0.15) is 36.5 Å². The van der Waals surface area contributed by atoms with E-state index in [9.17, 15) is 4.39 Å². The molecule has 5 heteroatoms. The molecule has 2 aromatic rings. The van der Waals surface area contributed by atoms with Gasteiger partial charge in [-0.25, -0.2) is 4.39 Å². The summed E-state index contributed by atoms with van der Waals surface area (Å²) in [5.74, 6) is 1.82. The van der Waals surface area contributed by atoms with Crippen molar-refractivity contribution in [1.82, 2.24) is 19.7 Å². The smallest absolute Gasteiger partial charge is 0.151 e. The topological polar surface area (TPSA) is 34.0 Å². The molecular weight excluding hydrogens is 267 g/mol. The summed E-state index contributed by atoms with van der Waals surface area (Å²) in [6.07, 6.45) is 5.54. The van der Waals surface area contributed by atoms with Gasteiger partial charge in [0.15, 0.2) is 5.82 Å². The van der Waals surface area contributed by atoms with Gasteiger partial charge in [0.1, 0.15) is 11.6 Å². The van der Waals surface area contributed by atoms with Gasteiger partial charge in [-0.05, 0) is 56.1 Å². The van der Waals surface area contributed by atoms with E-state index < -0.39 is 0 Å². The van der Waals surface area contributed by atoms with Gasteiger partial charge in [-0.1, -0.05) is 6.42 Å². The lowest BCUT2D eigenvalue weighted by Gasteiger charge is -2.27. The Labute approximate surface area is 123 Å². The van der Waals surface area contributed by atoms with Crippen molar-refractivity contribution in [2.24, 2.45) is 0 Å². The summed E-state index contributed by atoms with van der Waals surface area (Å²) in [4.78, 5) is 2.44. The van der Waals surface area contributed by atoms with E-state index in [1.807, 2.05) is 6.07 Å². The Balaban J connectivity index is 1.69. The van der Waals surface area contributed by atoms with Crippen molar-refractivity contribution in [2.75, 3.05) is 13.1 Å². The molecule has 2 aliphatic rings. The predicted molar refractivity (Wildman–Crippen MR) is 77.9 cm³/mol. The number of benzene rings is 1. The van der Waals surface area contributed by atoms with Gasteiger partial charge in [-0.2, -0.15) is 0 Å². The van der Waals surface area contributed by atoms with Crippen LogP contribution < -0.4 is 0 Å². The highest BCUT2D eigenvalue weighted by molar-refractivity contribution is 5.45. The second kappa shape index (κ2) is 5.22. The molecule has 0 unspecified atom stereocenters. The lowest BCUT2D eigenvalue weighted by Crippen LogP contribution is -2.30. The summed E-state index contributed by atoms with van der Waals surface area (Å²) in [6, 6.07) is 5.03. The maximum atomic E-state index is 13.4. The summed E-state index contributed by atoms with van der Waals surface area (Å²) < 4.78 is 15.6. The van der Waals surface area contributed by atoms with Crippen molar-refractivity contribution in [3.63, 3.8) is 0 Å². The van der Waals surface area contributed by atoms with Crippen LogP contribution in [-0.4, -0.2) is 32.8 Å². The molecule has 0 saturated carbocycles. The predicted octanol–water partition coefficient (Wildman–Crippen LogP) is 2.49. The third-order valence-electron chi connectivity index (χ3n) is 4.51. The summed E-state index contributed by atoms with van der Waals surface area (Å²) >= 11 is 0. The highest BCUT2D eigenvalue weighted by Crippen LogP contribution is 2.26. The average molecular weight is 286 g/mol. The second-order valence-corrected chi connectivity index (χ2v) is 5.98. The van der Waals surface area contributed by atoms with Gasteiger partial charge in [-0.3, -0.25) is 9.47 Å². The zero-order chi connectivity index (χ0) is 14.2. The molecule has 1 aromatic carbocycles. The average Bonchev–Trinajstić information content (AvgIpc) is 2.91. The molecule has 4 rings (SSSR count). The summed E-state index contributed by atoms with van der Waals surface area (Å²) in [5.41, 5.74) is 2.11. The molecule has 2 aliphatic heterocycles. The third kappa shape index (κ3) is 2.35. The molecule has 1 aromatic heterocycles. The molecule has 4 nitrogen and oxygen atoms in total. The first-order valence-electron chi connectivity index (χ1n) is 7.75. The number of hydrogen-bond acceptors (Lipinski definition) is 3. The number of fused-ring (bicyclic) bond motifs is 3. The van der Waals surface area contributed by atoms with Gasteiger partial charge in [0, 0.05) is 6.42 Å². The molecule has 110 valence electrons. The molecule has 0 atom stereocenters. The fraction of sp³-hybridized carbons (Fsp3) is 0.500. The Morgan fingerprint density at radius 1 is 1.05 bits per heavy atom. The highest BCUT2D eigenvalue weighted by atomic mass is 19.1. The Kier molecular flexibility index (Phi) is 3.22. The molecule has 0 bridgehead atoms. The molecule has 3 heterocycles. The van der Waals surface area contributed by atoms with Crippen molar-refractivity contribution in [3.05, 3.63) is 41.2 Å². The molecule has 1 saturated heterocycles. The lowest BCUT2D eigenvalue weighted by molar-refractivity contribution is 0.214. The molecule has 0 amide bonds. The summed E-state index contributed by atoms with van der Waals surface area (Å²) in [7, 11) is 0. The fourth-order valence-electron chi connectivity index (χ4n) is 3.43. The minimum Gasteiger partial charge on any atom is -0.296 e. The molecule has 0 radical (unpaired) electrons. The van der Waals surface area contributed by atoms with Gasteiger partial charge >= 0.3 is 0 Å². The molecule has 0 aliphatic carbocycles. The summed E-state index contributed by atoms with van der Waals surface area (Å²) in [6.45, 7) is 3.11. The Bertz CT molecular complexity index is 658. The van der Waals surface area contributed by atoms with Crippen LogP contribution >= 0.6 is 0 Å². The van der Waals surface area contributed by atoms with E-state index in [0.29, 0.717) is 0 Å². The standard InChI is InChI=1S/C16H19FN4/c17-13-5-6-14-12(10-13)4-7-15-18-19-16(21(14)15)11-20-8-2-1-3-9-20/h5-6,10H,1-4,7-9,11H2. The quantitative estimate of drug-likeness (QED) is 0.850. The maximum Gasteiger partial charge on any atom is 0.151 e. The van der Waals surface area contributed by atoms with Gasteiger partial charge in [0.05, 0.1) is 12.2 Å². The van der Waals surface area contributed by atoms with Crippen LogP contribution in [0, 0.1) is 5.82 Å². The van der Waals surface area contributed by atoms with E-state index in [0.717, 1.165) is 55.4 Å². The largest absolute Gasteiger partial charge is 0.296 e. The van der Waals surface area contributed by atoms with Crippen LogP contribution in [0.2, 0.25) is 0 Å². The maximum absolute atomic E-state index is 13.4. The van der Waals surface area contributed by atoms with E-state index in [4.69, 9.17) is 0 Å². The minimum atomic E-state index is -0.164. The number of piperidine rings is 1. The number of likely N-dealkylation sites (tertiary alicyclic amines) is 1. The van der Waals surface area contributed by atoms with Crippen LogP contribution in [0.25, 0.3) is 5.69 Å². The number of hydrogen-bond donors (Lipinski definition) is 0. The highest BCUT2D eigenvalue weighted by Gasteiger charge is 2.23. The van der Waals surface area contributed by atoms with E-state index in [1.165, 1.54) is 25.3 Å². The van der Waals surface area contributed by atoms with Crippen LogP contribution in [0.5, 0.6) is 0 Å². The Hall–Kier alpha value is -1.75. The minimum absolute atomic E-state index is 0.164. The Morgan fingerprint density at radius 3 is 2.76 bits per heavy atom. The van der Waals surface area contributed by atoms with Crippen LogP contribution in [0.3, 0.4) is 0 Å². The van der Waals surface area contributed by atoms with Crippen molar-refractivity contribution in [2.45, 2.75) is 38.6 Å². The van der Waals surface area contributed by atoms with Crippen molar-refractivity contribution in [3.8, 4) is 5.69 Å². The van der Waals surface area contributed by atoms with Crippen LogP contribution in [0.15, 0.2) is 18.2 Å². The van der Waals surface area contributed by atoms with E-state index in [-0.39, 0.29) is 5.82 Å². The Morgan fingerprint density at radius 2 is 1.90 bits per heavy atom. The fourth-order valence-corrected chi connectivity index (χ4v) is 3.43. The van der Waals surface area contributed by atoms with Gasteiger partial charge in [0.25, 0.3) is 0 Å². The second-order valence-electron chi connectivity index (χ2n) is 5.98. The first-order chi connectivity index (χ1) is 10.3. The zero-order valence-corrected chi connectivity index (χ0v) is 12.1. The monoisotopic (exact) mass is 286 g/mol. The molecule has 1 fully saturated rings. The van der Waals surface area contributed by atoms with Gasteiger partial charge in [0.2, 0.25) is 0 Å². The van der Waals surface area contributed by atoms with E-state index in [2.05, 4.69) is 19.7 Å².